The van der Waals surface area contributed by atoms with Crippen molar-refractivity contribution in [2.75, 3.05) is 5.32 Å². The summed E-state index contributed by atoms with van der Waals surface area (Å²) in [6.45, 7) is 1.46. The minimum Gasteiger partial charge on any atom is -0.423 e. The molecule has 0 radical (unpaired) electrons. The molecule has 1 heterocycles. The molecule has 1 aromatic heterocycles. The van der Waals surface area contributed by atoms with E-state index in [4.69, 9.17) is 4.42 Å². The Morgan fingerprint density at radius 1 is 1.33 bits per heavy atom. The fraction of sp³-hybridized carbons (Fsp3) is 0.100. The van der Waals surface area contributed by atoms with Crippen LogP contribution in [0.15, 0.2) is 35.1 Å². The Balaban J connectivity index is 2.21. The molecule has 1 amide bonds. The molecule has 0 fully saturated rings. The van der Waals surface area contributed by atoms with E-state index >= 15 is 0 Å². The van der Waals surface area contributed by atoms with Gasteiger partial charge in [-0.05, 0) is 24.3 Å². The molecule has 0 bridgehead atoms. The lowest BCUT2D eigenvalue weighted by Crippen LogP contribution is -2.05. The predicted molar refractivity (Wildman–Crippen MR) is 54.0 cm³/mol. The fourth-order valence-corrected chi connectivity index (χ4v) is 1.20. The van der Waals surface area contributed by atoms with Crippen molar-refractivity contribution in [3.8, 4) is 11.5 Å². The summed E-state index contributed by atoms with van der Waals surface area (Å²) < 4.78 is 5.03. The van der Waals surface area contributed by atoms with Crippen LogP contribution in [0.25, 0.3) is 11.5 Å². The van der Waals surface area contributed by atoms with Gasteiger partial charge in [-0.3, -0.25) is 4.79 Å². The van der Waals surface area contributed by atoms with Crippen molar-refractivity contribution in [2.24, 2.45) is 0 Å². The molecule has 2 rings (SSSR count). The van der Waals surface area contributed by atoms with Gasteiger partial charge in [-0.15, -0.1) is 10.2 Å². The van der Waals surface area contributed by atoms with E-state index < -0.39 is 0 Å². The van der Waals surface area contributed by atoms with E-state index in [9.17, 15) is 4.79 Å². The zero-order valence-corrected chi connectivity index (χ0v) is 8.10. The van der Waals surface area contributed by atoms with Gasteiger partial charge in [-0.25, -0.2) is 0 Å². The van der Waals surface area contributed by atoms with Crippen molar-refractivity contribution in [2.45, 2.75) is 6.92 Å². The zero-order chi connectivity index (χ0) is 10.7. The van der Waals surface area contributed by atoms with Gasteiger partial charge in [0.05, 0.1) is 0 Å². The van der Waals surface area contributed by atoms with Crippen LogP contribution in [0.2, 0.25) is 0 Å². The average molecular weight is 203 g/mol. The van der Waals surface area contributed by atoms with E-state index in [1.165, 1.54) is 13.3 Å². The Kier molecular flexibility index (Phi) is 2.45. The highest BCUT2D eigenvalue weighted by atomic mass is 16.4. The number of aromatic nitrogens is 2. The van der Waals surface area contributed by atoms with E-state index in [-0.39, 0.29) is 5.91 Å². The van der Waals surface area contributed by atoms with Crippen LogP contribution in [0.3, 0.4) is 0 Å². The van der Waals surface area contributed by atoms with E-state index in [0.717, 1.165) is 11.3 Å². The molecule has 0 unspecified atom stereocenters. The van der Waals surface area contributed by atoms with Gasteiger partial charge in [-0.1, -0.05) is 0 Å². The van der Waals surface area contributed by atoms with Gasteiger partial charge in [0.1, 0.15) is 0 Å². The Bertz CT molecular complexity index is 448. The third kappa shape index (κ3) is 2.19. The highest BCUT2D eigenvalue weighted by Gasteiger charge is 2.02. The topological polar surface area (TPSA) is 68.0 Å². The summed E-state index contributed by atoms with van der Waals surface area (Å²) in [5.41, 5.74) is 1.56. The zero-order valence-electron chi connectivity index (χ0n) is 8.10. The van der Waals surface area contributed by atoms with Crippen LogP contribution in [0, 0.1) is 0 Å². The highest BCUT2D eigenvalue weighted by molar-refractivity contribution is 5.88. The first-order valence-corrected chi connectivity index (χ1v) is 4.40. The summed E-state index contributed by atoms with van der Waals surface area (Å²) in [5, 5.41) is 10.0. The molecule has 5 nitrogen and oxygen atoms in total. The molecule has 1 N–H and O–H groups in total. The summed E-state index contributed by atoms with van der Waals surface area (Å²) in [7, 11) is 0. The lowest BCUT2D eigenvalue weighted by molar-refractivity contribution is -0.114. The molecule has 0 saturated heterocycles. The molecule has 0 spiro atoms. The van der Waals surface area contributed by atoms with Crippen LogP contribution in [0.5, 0.6) is 0 Å². The number of benzene rings is 1. The maximum Gasteiger partial charge on any atom is 0.247 e. The Morgan fingerprint density at radius 3 is 2.60 bits per heavy atom. The number of carbonyl (C=O) groups is 1. The molecule has 0 aliphatic carbocycles. The molecule has 1 aromatic carbocycles. The van der Waals surface area contributed by atoms with Crippen molar-refractivity contribution in [3.05, 3.63) is 30.7 Å². The summed E-state index contributed by atoms with van der Waals surface area (Å²) in [5.74, 6) is 0.366. The quantitative estimate of drug-likeness (QED) is 0.806. The fourth-order valence-electron chi connectivity index (χ4n) is 1.20. The number of amides is 1. The SMILES string of the molecule is CC(=O)Nc1ccc(-c2nnco2)cc1. The van der Waals surface area contributed by atoms with Crippen LogP contribution < -0.4 is 5.32 Å². The highest BCUT2D eigenvalue weighted by Crippen LogP contribution is 2.18. The minimum atomic E-state index is -0.0967. The van der Waals surface area contributed by atoms with Gasteiger partial charge < -0.3 is 9.73 Å². The van der Waals surface area contributed by atoms with E-state index in [1.807, 2.05) is 0 Å². The number of nitrogens with one attached hydrogen (secondary N) is 1. The van der Waals surface area contributed by atoms with Crippen LogP contribution in [-0.4, -0.2) is 16.1 Å². The van der Waals surface area contributed by atoms with Gasteiger partial charge in [0.25, 0.3) is 0 Å². The summed E-state index contributed by atoms with van der Waals surface area (Å²) in [6, 6.07) is 7.17. The smallest absolute Gasteiger partial charge is 0.247 e. The van der Waals surface area contributed by atoms with Gasteiger partial charge in [0, 0.05) is 18.2 Å². The van der Waals surface area contributed by atoms with Crippen molar-refractivity contribution >= 4 is 11.6 Å². The molecule has 0 aliphatic heterocycles. The Morgan fingerprint density at radius 2 is 2.07 bits per heavy atom. The molecule has 76 valence electrons. The van der Waals surface area contributed by atoms with Crippen molar-refractivity contribution in [1.82, 2.24) is 10.2 Å². The van der Waals surface area contributed by atoms with Gasteiger partial charge in [-0.2, -0.15) is 0 Å². The third-order valence-electron chi connectivity index (χ3n) is 1.81. The number of anilines is 1. The van der Waals surface area contributed by atoms with Crippen molar-refractivity contribution in [1.29, 1.82) is 0 Å². The summed E-state index contributed by atoms with van der Waals surface area (Å²) in [4.78, 5) is 10.8. The number of rotatable bonds is 2. The Labute approximate surface area is 86.1 Å². The molecule has 5 heteroatoms. The van der Waals surface area contributed by atoms with Crippen molar-refractivity contribution < 1.29 is 9.21 Å². The maximum absolute atomic E-state index is 10.8. The maximum atomic E-state index is 10.8. The van der Waals surface area contributed by atoms with E-state index in [0.29, 0.717) is 5.89 Å². The second-order valence-corrected chi connectivity index (χ2v) is 3.00. The second kappa shape index (κ2) is 3.91. The minimum absolute atomic E-state index is 0.0967. The first-order chi connectivity index (χ1) is 7.25. The summed E-state index contributed by atoms with van der Waals surface area (Å²) in [6.07, 6.45) is 1.27. The molecular weight excluding hydrogens is 194 g/mol. The largest absolute Gasteiger partial charge is 0.423 e. The second-order valence-electron chi connectivity index (χ2n) is 3.00. The van der Waals surface area contributed by atoms with Gasteiger partial charge in [0.15, 0.2) is 0 Å². The van der Waals surface area contributed by atoms with E-state index in [2.05, 4.69) is 15.5 Å². The molecule has 0 saturated carbocycles. The molecule has 0 atom stereocenters. The van der Waals surface area contributed by atoms with Crippen LogP contribution in [-0.2, 0) is 4.79 Å². The lowest BCUT2D eigenvalue weighted by Gasteiger charge is -2.01. The first-order valence-electron chi connectivity index (χ1n) is 4.40. The number of hydrogen-bond acceptors (Lipinski definition) is 4. The number of hydrogen-bond donors (Lipinski definition) is 1. The van der Waals surface area contributed by atoms with Gasteiger partial charge in [0.2, 0.25) is 18.2 Å². The third-order valence-corrected chi connectivity index (χ3v) is 1.81. The number of nitrogens with zero attached hydrogens (tertiary/aromatic N) is 2. The molecule has 15 heavy (non-hydrogen) atoms. The van der Waals surface area contributed by atoms with Crippen LogP contribution in [0.4, 0.5) is 5.69 Å². The molecule has 0 aliphatic rings. The summed E-state index contributed by atoms with van der Waals surface area (Å²) >= 11 is 0. The van der Waals surface area contributed by atoms with Crippen LogP contribution in [0.1, 0.15) is 6.92 Å². The Hall–Kier alpha value is -2.17. The van der Waals surface area contributed by atoms with E-state index in [1.54, 1.807) is 24.3 Å². The lowest BCUT2D eigenvalue weighted by atomic mass is 10.2. The predicted octanol–water partition coefficient (Wildman–Crippen LogP) is 1.69. The standard InChI is InChI=1S/C10H9N3O2/c1-7(14)12-9-4-2-8(3-5-9)10-13-11-6-15-10/h2-6H,1H3,(H,12,14). The average Bonchev–Trinajstić information content (AvgIpc) is 2.71. The van der Waals surface area contributed by atoms with Crippen LogP contribution >= 0.6 is 0 Å². The monoisotopic (exact) mass is 203 g/mol. The molecular formula is C10H9N3O2. The first kappa shape index (κ1) is 9.39. The van der Waals surface area contributed by atoms with Crippen molar-refractivity contribution in [3.63, 3.8) is 0 Å². The number of carbonyl (C=O) groups excluding carboxylic acids is 1. The van der Waals surface area contributed by atoms with Gasteiger partial charge >= 0.3 is 0 Å². The normalized spacial score (nSPS) is 9.93. The molecule has 2 aromatic rings.